The van der Waals surface area contributed by atoms with Crippen LogP contribution in [-0.2, 0) is 0 Å². The highest BCUT2D eigenvalue weighted by Crippen LogP contribution is 2.35. The van der Waals surface area contributed by atoms with Gasteiger partial charge in [0.15, 0.2) is 0 Å². The van der Waals surface area contributed by atoms with Crippen molar-refractivity contribution >= 4 is 27.2 Å². The number of nitrogens with two attached hydrogens (primary N) is 1. The molecule has 0 unspecified atom stereocenters. The second-order valence-electron chi connectivity index (χ2n) is 5.50. The molecule has 112 valence electrons. The van der Waals surface area contributed by atoms with Crippen LogP contribution in [0.2, 0.25) is 0 Å². The second kappa shape index (κ2) is 5.48. The number of aromatic nitrogens is 2. The molecule has 4 rings (SSSR count). The molecule has 0 radical (unpaired) electrons. The first-order chi connectivity index (χ1) is 11.2. The highest BCUT2D eigenvalue weighted by atomic mass is 32.1. The molecule has 4 heteroatoms. The zero-order chi connectivity index (χ0) is 15.8. The highest BCUT2D eigenvalue weighted by Gasteiger charge is 2.13. The van der Waals surface area contributed by atoms with Crippen LogP contribution < -0.4 is 5.73 Å². The van der Waals surface area contributed by atoms with Crippen molar-refractivity contribution in [1.82, 2.24) is 9.97 Å². The number of nitrogen functional groups attached to an aromatic ring is 1. The van der Waals surface area contributed by atoms with Crippen LogP contribution in [0.15, 0.2) is 60.1 Å². The number of hydrogen-bond donors (Lipinski definition) is 1. The minimum absolute atomic E-state index is 0.462. The molecule has 2 N–H and O–H groups in total. The van der Waals surface area contributed by atoms with Gasteiger partial charge < -0.3 is 5.73 Å². The van der Waals surface area contributed by atoms with E-state index in [-0.39, 0.29) is 0 Å². The van der Waals surface area contributed by atoms with E-state index in [4.69, 9.17) is 10.7 Å². The van der Waals surface area contributed by atoms with Crippen molar-refractivity contribution < 1.29 is 0 Å². The normalized spacial score (nSPS) is 11.0. The summed E-state index contributed by atoms with van der Waals surface area (Å²) in [4.78, 5) is 9.14. The molecule has 0 saturated carbocycles. The fourth-order valence-corrected chi connectivity index (χ4v) is 3.57. The molecule has 0 aliphatic rings. The Balaban J connectivity index is 1.89. The first-order valence-electron chi connectivity index (χ1n) is 7.38. The second-order valence-corrected chi connectivity index (χ2v) is 6.41. The van der Waals surface area contributed by atoms with Crippen LogP contribution in [0, 0.1) is 6.92 Å². The van der Waals surface area contributed by atoms with Gasteiger partial charge in [-0.3, -0.25) is 0 Å². The fraction of sp³-hybridized carbons (Fsp3) is 0.0526. The van der Waals surface area contributed by atoms with Gasteiger partial charge in [0, 0.05) is 26.6 Å². The van der Waals surface area contributed by atoms with Crippen LogP contribution in [-0.4, -0.2) is 9.97 Å². The number of benzene rings is 2. The summed E-state index contributed by atoms with van der Waals surface area (Å²) in [6.07, 6.45) is 1.73. The Labute approximate surface area is 138 Å². The van der Waals surface area contributed by atoms with Crippen molar-refractivity contribution in [3.63, 3.8) is 0 Å². The number of fused-ring (bicyclic) bond motifs is 1. The third-order valence-electron chi connectivity index (χ3n) is 3.88. The molecule has 3 nitrogen and oxygen atoms in total. The lowest BCUT2D eigenvalue weighted by molar-refractivity contribution is 1.22. The van der Waals surface area contributed by atoms with Gasteiger partial charge in [0.05, 0.1) is 11.9 Å². The maximum atomic E-state index is 6.10. The Bertz CT molecular complexity index is 987. The topological polar surface area (TPSA) is 51.8 Å². The number of thiophene rings is 1. The van der Waals surface area contributed by atoms with Gasteiger partial charge in [-0.2, -0.15) is 0 Å². The van der Waals surface area contributed by atoms with Crippen molar-refractivity contribution in [1.29, 1.82) is 0 Å². The smallest absolute Gasteiger partial charge is 0.150 e. The van der Waals surface area contributed by atoms with Gasteiger partial charge in [0.25, 0.3) is 0 Å². The van der Waals surface area contributed by atoms with E-state index in [1.807, 2.05) is 12.1 Å². The van der Waals surface area contributed by atoms with Crippen LogP contribution in [0.4, 0.5) is 5.82 Å². The summed E-state index contributed by atoms with van der Waals surface area (Å²) in [5.41, 5.74) is 11.0. The SMILES string of the molecule is Cc1ccc(-c2cnc(N)c(-c3csc4ccccc34)n2)cc1. The van der Waals surface area contributed by atoms with Gasteiger partial charge in [-0.25, -0.2) is 9.97 Å². The van der Waals surface area contributed by atoms with E-state index in [0.29, 0.717) is 5.82 Å². The molecule has 0 aliphatic heterocycles. The fourth-order valence-electron chi connectivity index (χ4n) is 2.62. The monoisotopic (exact) mass is 317 g/mol. The van der Waals surface area contributed by atoms with E-state index in [0.717, 1.165) is 22.5 Å². The number of hydrogen-bond acceptors (Lipinski definition) is 4. The van der Waals surface area contributed by atoms with Crippen molar-refractivity contribution in [2.24, 2.45) is 0 Å². The van der Waals surface area contributed by atoms with E-state index in [1.165, 1.54) is 15.6 Å². The van der Waals surface area contributed by atoms with Gasteiger partial charge in [-0.15, -0.1) is 11.3 Å². The Morgan fingerprint density at radius 3 is 2.61 bits per heavy atom. The Hall–Kier alpha value is -2.72. The molecule has 0 bridgehead atoms. The molecule has 0 atom stereocenters. The van der Waals surface area contributed by atoms with Crippen molar-refractivity contribution in [3.05, 3.63) is 65.7 Å². The van der Waals surface area contributed by atoms with Gasteiger partial charge >= 0.3 is 0 Å². The van der Waals surface area contributed by atoms with E-state index >= 15 is 0 Å². The maximum absolute atomic E-state index is 6.10. The molecule has 0 saturated heterocycles. The minimum Gasteiger partial charge on any atom is -0.382 e. The molecule has 0 amide bonds. The highest BCUT2D eigenvalue weighted by molar-refractivity contribution is 7.17. The summed E-state index contributed by atoms with van der Waals surface area (Å²) in [6.45, 7) is 2.07. The standard InChI is InChI=1S/C19H15N3S/c1-12-6-8-13(9-7-12)16-10-21-19(20)18(22-16)15-11-23-17-5-3-2-4-14(15)17/h2-11H,1H3,(H2,20,21). The van der Waals surface area contributed by atoms with Gasteiger partial charge in [-0.1, -0.05) is 48.0 Å². The molecule has 2 aromatic carbocycles. The van der Waals surface area contributed by atoms with E-state index in [9.17, 15) is 0 Å². The molecule has 0 spiro atoms. The lowest BCUT2D eigenvalue weighted by Gasteiger charge is -2.07. The van der Waals surface area contributed by atoms with E-state index in [1.54, 1.807) is 17.5 Å². The molecule has 23 heavy (non-hydrogen) atoms. The summed E-state index contributed by atoms with van der Waals surface area (Å²) in [5.74, 6) is 0.462. The Kier molecular flexibility index (Phi) is 3.32. The van der Waals surface area contributed by atoms with Gasteiger partial charge in [0.1, 0.15) is 11.5 Å². The zero-order valence-corrected chi connectivity index (χ0v) is 13.5. The summed E-state index contributed by atoms with van der Waals surface area (Å²) in [5, 5.41) is 3.27. The molecule has 4 aromatic rings. The van der Waals surface area contributed by atoms with Crippen LogP contribution in [0.1, 0.15) is 5.56 Å². The van der Waals surface area contributed by atoms with Crippen molar-refractivity contribution in [2.75, 3.05) is 5.73 Å². The molecular weight excluding hydrogens is 302 g/mol. The molecule has 2 heterocycles. The lowest BCUT2D eigenvalue weighted by Crippen LogP contribution is -1.98. The van der Waals surface area contributed by atoms with Crippen LogP contribution in [0.3, 0.4) is 0 Å². The van der Waals surface area contributed by atoms with E-state index < -0.39 is 0 Å². The first-order valence-corrected chi connectivity index (χ1v) is 8.26. The summed E-state index contributed by atoms with van der Waals surface area (Å²) in [6, 6.07) is 16.6. The van der Waals surface area contributed by atoms with Gasteiger partial charge in [0.2, 0.25) is 0 Å². The van der Waals surface area contributed by atoms with Crippen molar-refractivity contribution in [2.45, 2.75) is 6.92 Å². The number of nitrogens with zero attached hydrogens (tertiary/aromatic N) is 2. The van der Waals surface area contributed by atoms with Gasteiger partial charge in [-0.05, 0) is 13.0 Å². The van der Waals surface area contributed by atoms with E-state index in [2.05, 4.69) is 53.7 Å². The molecular formula is C19H15N3S. The first kappa shape index (κ1) is 13.9. The minimum atomic E-state index is 0.462. The predicted molar refractivity (Wildman–Crippen MR) is 97.4 cm³/mol. The lowest BCUT2D eigenvalue weighted by atomic mass is 10.1. The van der Waals surface area contributed by atoms with Crippen LogP contribution >= 0.6 is 11.3 Å². The number of rotatable bonds is 2. The Morgan fingerprint density at radius 2 is 1.78 bits per heavy atom. The number of anilines is 1. The largest absolute Gasteiger partial charge is 0.382 e. The number of aryl methyl sites for hydroxylation is 1. The average molecular weight is 317 g/mol. The summed E-state index contributed by atoms with van der Waals surface area (Å²) in [7, 11) is 0. The molecule has 0 aliphatic carbocycles. The predicted octanol–water partition coefficient (Wildman–Crippen LogP) is 4.92. The molecule has 0 fully saturated rings. The summed E-state index contributed by atoms with van der Waals surface area (Å²) >= 11 is 1.70. The van der Waals surface area contributed by atoms with Crippen molar-refractivity contribution in [3.8, 4) is 22.5 Å². The Morgan fingerprint density at radius 1 is 1.00 bits per heavy atom. The maximum Gasteiger partial charge on any atom is 0.150 e. The third-order valence-corrected chi connectivity index (χ3v) is 4.85. The zero-order valence-electron chi connectivity index (χ0n) is 12.7. The average Bonchev–Trinajstić information content (AvgIpc) is 3.00. The quantitative estimate of drug-likeness (QED) is 0.571. The third kappa shape index (κ3) is 2.47. The van der Waals surface area contributed by atoms with Crippen LogP contribution in [0.5, 0.6) is 0 Å². The summed E-state index contributed by atoms with van der Waals surface area (Å²) < 4.78 is 1.23. The molecule has 2 aromatic heterocycles. The van der Waals surface area contributed by atoms with Crippen LogP contribution in [0.25, 0.3) is 32.6 Å².